The SMILES string of the molecule is Oc1ccc(N=Nc2ccc(N=Nc3ccc(O)cc3)[nH]2)cc1. The van der Waals surface area contributed by atoms with Gasteiger partial charge in [-0.3, -0.25) is 0 Å². The zero-order chi connectivity index (χ0) is 16.1. The molecule has 3 rings (SSSR count). The number of H-pyrrole nitrogens is 1. The molecule has 0 spiro atoms. The normalized spacial score (nSPS) is 11.5. The van der Waals surface area contributed by atoms with E-state index in [9.17, 15) is 10.2 Å². The summed E-state index contributed by atoms with van der Waals surface area (Å²) in [5, 5.41) is 34.6. The number of phenols is 2. The summed E-state index contributed by atoms with van der Waals surface area (Å²) in [6.45, 7) is 0. The summed E-state index contributed by atoms with van der Waals surface area (Å²) in [4.78, 5) is 2.96. The van der Waals surface area contributed by atoms with E-state index in [-0.39, 0.29) is 11.5 Å². The zero-order valence-electron chi connectivity index (χ0n) is 12.0. The van der Waals surface area contributed by atoms with Crippen LogP contribution in [0.3, 0.4) is 0 Å². The molecule has 0 radical (unpaired) electrons. The van der Waals surface area contributed by atoms with Crippen molar-refractivity contribution in [2.24, 2.45) is 20.5 Å². The van der Waals surface area contributed by atoms with Crippen molar-refractivity contribution in [2.75, 3.05) is 0 Å². The van der Waals surface area contributed by atoms with E-state index < -0.39 is 0 Å². The summed E-state index contributed by atoms with van der Waals surface area (Å²) < 4.78 is 0. The minimum atomic E-state index is 0.181. The van der Waals surface area contributed by atoms with Gasteiger partial charge in [-0.2, -0.15) is 0 Å². The molecule has 7 nitrogen and oxygen atoms in total. The fourth-order valence-corrected chi connectivity index (χ4v) is 1.75. The highest BCUT2D eigenvalue weighted by molar-refractivity contribution is 5.44. The van der Waals surface area contributed by atoms with Gasteiger partial charge in [0.05, 0.1) is 11.4 Å². The number of nitrogens with one attached hydrogen (secondary N) is 1. The summed E-state index contributed by atoms with van der Waals surface area (Å²) in [6, 6.07) is 16.3. The van der Waals surface area contributed by atoms with Crippen molar-refractivity contribution in [1.82, 2.24) is 4.98 Å². The van der Waals surface area contributed by atoms with Crippen molar-refractivity contribution >= 4 is 23.0 Å². The van der Waals surface area contributed by atoms with E-state index in [1.807, 2.05) is 0 Å². The third-order valence-corrected chi connectivity index (χ3v) is 2.90. The van der Waals surface area contributed by atoms with E-state index in [4.69, 9.17) is 0 Å². The van der Waals surface area contributed by atoms with Crippen LogP contribution in [0.4, 0.5) is 23.0 Å². The first kappa shape index (κ1) is 14.5. The summed E-state index contributed by atoms with van der Waals surface area (Å²) >= 11 is 0. The fraction of sp³-hybridized carbons (Fsp3) is 0. The molecule has 114 valence electrons. The van der Waals surface area contributed by atoms with Crippen molar-refractivity contribution in [1.29, 1.82) is 0 Å². The second-order valence-electron chi connectivity index (χ2n) is 4.66. The van der Waals surface area contributed by atoms with Crippen LogP contribution in [-0.4, -0.2) is 15.2 Å². The Balaban J connectivity index is 1.68. The van der Waals surface area contributed by atoms with Gasteiger partial charge in [0.1, 0.15) is 11.5 Å². The molecule has 0 fully saturated rings. The molecule has 0 bridgehead atoms. The Labute approximate surface area is 131 Å². The molecule has 0 aliphatic carbocycles. The van der Waals surface area contributed by atoms with Gasteiger partial charge in [0.2, 0.25) is 0 Å². The van der Waals surface area contributed by atoms with Crippen LogP contribution in [0.25, 0.3) is 0 Å². The van der Waals surface area contributed by atoms with Crippen LogP contribution in [0, 0.1) is 0 Å². The predicted octanol–water partition coefficient (Wildman–Crippen LogP) is 5.26. The first-order valence-electron chi connectivity index (χ1n) is 6.80. The van der Waals surface area contributed by atoms with Gasteiger partial charge < -0.3 is 15.2 Å². The van der Waals surface area contributed by atoms with Crippen molar-refractivity contribution in [3.8, 4) is 11.5 Å². The zero-order valence-corrected chi connectivity index (χ0v) is 12.0. The topological polar surface area (TPSA) is 106 Å². The van der Waals surface area contributed by atoms with E-state index in [1.54, 1.807) is 60.7 Å². The molecule has 0 aliphatic heterocycles. The summed E-state index contributed by atoms with van der Waals surface area (Å²) in [7, 11) is 0. The number of nitrogens with zero attached hydrogens (tertiary/aromatic N) is 4. The number of hydrogen-bond donors (Lipinski definition) is 3. The second kappa shape index (κ2) is 6.52. The summed E-state index contributed by atoms with van der Waals surface area (Å²) in [5.74, 6) is 1.44. The molecule has 2 aromatic carbocycles. The number of rotatable bonds is 4. The monoisotopic (exact) mass is 307 g/mol. The van der Waals surface area contributed by atoms with Crippen molar-refractivity contribution < 1.29 is 10.2 Å². The van der Waals surface area contributed by atoms with E-state index in [0.29, 0.717) is 23.0 Å². The molecule has 1 heterocycles. The highest BCUT2D eigenvalue weighted by Gasteiger charge is 1.97. The number of phenolic OH excluding ortho intramolecular Hbond substituents is 2. The van der Waals surface area contributed by atoms with Gasteiger partial charge in [-0.25, -0.2) is 0 Å². The highest BCUT2D eigenvalue weighted by atomic mass is 16.3. The number of azo groups is 2. The molecule has 0 aliphatic rings. The Kier molecular flexibility index (Phi) is 4.10. The fourth-order valence-electron chi connectivity index (χ4n) is 1.75. The Morgan fingerprint density at radius 1 is 0.522 bits per heavy atom. The lowest BCUT2D eigenvalue weighted by Gasteiger charge is -1.93. The van der Waals surface area contributed by atoms with Crippen LogP contribution in [0.15, 0.2) is 81.1 Å². The molecular weight excluding hydrogens is 294 g/mol. The molecular formula is C16H13N5O2. The minimum absolute atomic E-state index is 0.181. The maximum Gasteiger partial charge on any atom is 0.154 e. The van der Waals surface area contributed by atoms with E-state index in [2.05, 4.69) is 25.4 Å². The van der Waals surface area contributed by atoms with Crippen LogP contribution in [0.2, 0.25) is 0 Å². The third kappa shape index (κ3) is 4.01. The number of aromatic nitrogens is 1. The third-order valence-electron chi connectivity index (χ3n) is 2.90. The van der Waals surface area contributed by atoms with Gasteiger partial charge in [0.25, 0.3) is 0 Å². The first-order valence-corrected chi connectivity index (χ1v) is 6.80. The maximum atomic E-state index is 9.20. The molecule has 0 saturated carbocycles. The number of aromatic hydroxyl groups is 2. The molecule has 3 N–H and O–H groups in total. The minimum Gasteiger partial charge on any atom is -0.508 e. The lowest BCUT2D eigenvalue weighted by Crippen LogP contribution is -1.66. The molecule has 3 aromatic rings. The van der Waals surface area contributed by atoms with Gasteiger partial charge in [0.15, 0.2) is 11.6 Å². The molecule has 0 saturated heterocycles. The second-order valence-corrected chi connectivity index (χ2v) is 4.66. The number of hydrogen-bond acceptors (Lipinski definition) is 6. The standard InChI is InChI=1S/C16H13N5O2/c22-13-5-1-11(2-6-13)18-20-15-9-10-16(17-15)21-19-12-3-7-14(23)8-4-12/h1-10,17,22-23H. The van der Waals surface area contributed by atoms with Gasteiger partial charge in [-0.05, 0) is 60.7 Å². The van der Waals surface area contributed by atoms with Crippen molar-refractivity contribution in [3.63, 3.8) is 0 Å². The predicted molar refractivity (Wildman–Crippen MR) is 85.4 cm³/mol. The summed E-state index contributed by atoms with van der Waals surface area (Å²) in [6.07, 6.45) is 0. The Morgan fingerprint density at radius 3 is 1.30 bits per heavy atom. The van der Waals surface area contributed by atoms with Crippen molar-refractivity contribution in [2.45, 2.75) is 0 Å². The van der Waals surface area contributed by atoms with Crippen LogP contribution >= 0.6 is 0 Å². The van der Waals surface area contributed by atoms with E-state index in [1.165, 1.54) is 0 Å². The lowest BCUT2D eigenvalue weighted by atomic mass is 10.3. The molecule has 23 heavy (non-hydrogen) atoms. The molecule has 0 atom stereocenters. The largest absolute Gasteiger partial charge is 0.508 e. The Hall–Kier alpha value is -3.48. The van der Waals surface area contributed by atoms with Gasteiger partial charge in [0, 0.05) is 0 Å². The van der Waals surface area contributed by atoms with Crippen LogP contribution < -0.4 is 0 Å². The average Bonchev–Trinajstić information content (AvgIpc) is 3.02. The van der Waals surface area contributed by atoms with Crippen molar-refractivity contribution in [3.05, 3.63) is 60.7 Å². The quantitative estimate of drug-likeness (QED) is 0.572. The molecule has 7 heteroatoms. The number of benzene rings is 2. The lowest BCUT2D eigenvalue weighted by molar-refractivity contribution is 0.475. The van der Waals surface area contributed by atoms with Gasteiger partial charge in [-0.15, -0.1) is 20.5 Å². The first-order chi connectivity index (χ1) is 11.2. The van der Waals surface area contributed by atoms with Gasteiger partial charge in [-0.1, -0.05) is 0 Å². The highest BCUT2D eigenvalue weighted by Crippen LogP contribution is 2.24. The Bertz CT molecular complexity index is 766. The maximum absolute atomic E-state index is 9.20. The Morgan fingerprint density at radius 2 is 0.913 bits per heavy atom. The van der Waals surface area contributed by atoms with E-state index >= 15 is 0 Å². The van der Waals surface area contributed by atoms with Crippen LogP contribution in [0.5, 0.6) is 11.5 Å². The van der Waals surface area contributed by atoms with Gasteiger partial charge >= 0.3 is 0 Å². The smallest absolute Gasteiger partial charge is 0.154 e. The molecule has 0 amide bonds. The summed E-state index contributed by atoms with van der Waals surface area (Å²) in [5.41, 5.74) is 1.26. The number of aromatic amines is 1. The van der Waals surface area contributed by atoms with E-state index in [0.717, 1.165) is 0 Å². The molecule has 0 unspecified atom stereocenters. The molecule has 1 aromatic heterocycles. The average molecular weight is 307 g/mol. The van der Waals surface area contributed by atoms with Crippen LogP contribution in [-0.2, 0) is 0 Å². The van der Waals surface area contributed by atoms with Crippen LogP contribution in [0.1, 0.15) is 0 Å².